The molecule has 0 amide bonds. The largest absolute Gasteiger partial charge is 0.463 e. The van der Waals surface area contributed by atoms with Gasteiger partial charge in [0, 0.05) is 12.2 Å². The molecule has 0 radical (unpaired) electrons. The number of rotatable bonds is 6. The van der Waals surface area contributed by atoms with Crippen LogP contribution in [0.2, 0.25) is 0 Å². The summed E-state index contributed by atoms with van der Waals surface area (Å²) >= 11 is 0. The highest BCUT2D eigenvalue weighted by molar-refractivity contribution is 5.88. The molecule has 1 aliphatic rings. The maximum atomic E-state index is 12.4. The van der Waals surface area contributed by atoms with Crippen molar-refractivity contribution in [2.75, 3.05) is 19.8 Å². The molecule has 0 aromatic carbocycles. The van der Waals surface area contributed by atoms with Crippen molar-refractivity contribution in [3.05, 3.63) is 11.6 Å². The number of halogens is 3. The molecule has 0 aliphatic carbocycles. The summed E-state index contributed by atoms with van der Waals surface area (Å²) in [4.78, 5) is 11.4. The Bertz CT molecular complexity index is 333. The van der Waals surface area contributed by atoms with Crippen LogP contribution in [-0.4, -0.2) is 38.3 Å². The minimum absolute atomic E-state index is 0.0284. The fourth-order valence-corrected chi connectivity index (χ4v) is 1.77. The molecular formula is C13H19F3O4. The summed E-state index contributed by atoms with van der Waals surface area (Å²) in [5, 5.41) is 0. The monoisotopic (exact) mass is 296 g/mol. The maximum absolute atomic E-state index is 12.4. The zero-order valence-electron chi connectivity index (χ0n) is 11.4. The van der Waals surface area contributed by atoms with Crippen LogP contribution in [0.3, 0.4) is 0 Å². The Morgan fingerprint density at radius 2 is 2.15 bits per heavy atom. The average Bonchev–Trinajstić information content (AvgIpc) is 2.37. The lowest BCUT2D eigenvalue weighted by Gasteiger charge is -2.22. The van der Waals surface area contributed by atoms with Crippen molar-refractivity contribution in [3.8, 4) is 0 Å². The van der Waals surface area contributed by atoms with Gasteiger partial charge in [-0.15, -0.1) is 0 Å². The van der Waals surface area contributed by atoms with Crippen molar-refractivity contribution in [1.29, 1.82) is 0 Å². The second kappa shape index (κ2) is 8.26. The third-order valence-corrected chi connectivity index (χ3v) is 2.68. The molecule has 1 atom stereocenters. The van der Waals surface area contributed by atoms with Gasteiger partial charge in [-0.1, -0.05) is 0 Å². The molecule has 0 saturated carbocycles. The first-order valence-electron chi connectivity index (χ1n) is 6.58. The number of hydrogen-bond acceptors (Lipinski definition) is 4. The predicted molar refractivity (Wildman–Crippen MR) is 64.9 cm³/mol. The first kappa shape index (κ1) is 17.0. The van der Waals surface area contributed by atoms with Crippen molar-refractivity contribution < 1.29 is 32.2 Å². The number of alkyl halides is 3. The van der Waals surface area contributed by atoms with Gasteiger partial charge in [0.05, 0.1) is 19.6 Å². The van der Waals surface area contributed by atoms with Crippen molar-refractivity contribution in [2.45, 2.75) is 45.1 Å². The molecule has 0 aromatic heterocycles. The first-order chi connectivity index (χ1) is 9.42. The predicted octanol–water partition coefficient (Wildman–Crippen LogP) is 2.97. The van der Waals surface area contributed by atoms with Gasteiger partial charge in [0.15, 0.2) is 6.29 Å². The number of carbonyl (C=O) groups is 1. The van der Waals surface area contributed by atoms with E-state index < -0.39 is 30.4 Å². The molecule has 1 unspecified atom stereocenters. The van der Waals surface area contributed by atoms with Gasteiger partial charge in [-0.05, 0) is 32.3 Å². The van der Waals surface area contributed by atoms with Gasteiger partial charge in [-0.2, -0.15) is 13.2 Å². The summed E-state index contributed by atoms with van der Waals surface area (Å²) in [5.74, 6) is -0.960. The Morgan fingerprint density at radius 3 is 2.70 bits per heavy atom. The van der Waals surface area contributed by atoms with Crippen LogP contribution in [0.5, 0.6) is 0 Å². The lowest BCUT2D eigenvalue weighted by atomic mass is 10.1. The molecule has 4 nitrogen and oxygen atoms in total. The Hall–Kier alpha value is -1.08. The quantitative estimate of drug-likeness (QED) is 0.558. The van der Waals surface area contributed by atoms with Crippen molar-refractivity contribution >= 4 is 5.97 Å². The number of esters is 1. The number of carbonyl (C=O) groups excluding carboxylic acids is 1. The zero-order valence-corrected chi connectivity index (χ0v) is 11.4. The van der Waals surface area contributed by atoms with E-state index >= 15 is 0 Å². The van der Waals surface area contributed by atoms with Crippen LogP contribution in [0.1, 0.15) is 32.6 Å². The third kappa shape index (κ3) is 6.91. The molecule has 7 heteroatoms. The molecule has 0 spiro atoms. The second-order valence-electron chi connectivity index (χ2n) is 4.37. The summed E-state index contributed by atoms with van der Waals surface area (Å²) in [6, 6.07) is 0. The smallest absolute Gasteiger partial charge is 0.393 e. The van der Waals surface area contributed by atoms with E-state index in [1.807, 2.05) is 0 Å². The molecular weight excluding hydrogens is 277 g/mol. The van der Waals surface area contributed by atoms with Crippen molar-refractivity contribution in [2.24, 2.45) is 0 Å². The van der Waals surface area contributed by atoms with Gasteiger partial charge in [-0.3, -0.25) is 0 Å². The van der Waals surface area contributed by atoms with Crippen molar-refractivity contribution in [3.63, 3.8) is 0 Å². The van der Waals surface area contributed by atoms with Gasteiger partial charge >= 0.3 is 12.1 Å². The first-order valence-corrected chi connectivity index (χ1v) is 6.58. The van der Waals surface area contributed by atoms with E-state index in [0.29, 0.717) is 13.0 Å². The fourth-order valence-electron chi connectivity index (χ4n) is 1.77. The summed E-state index contributed by atoms with van der Waals surface area (Å²) in [7, 11) is 0. The molecule has 1 rings (SSSR count). The fraction of sp³-hybridized carbons (Fsp3) is 0.769. The highest BCUT2D eigenvalue weighted by Gasteiger charge is 2.32. The van der Waals surface area contributed by atoms with Crippen LogP contribution < -0.4 is 0 Å². The van der Waals surface area contributed by atoms with Gasteiger partial charge in [0.25, 0.3) is 0 Å². The molecule has 1 heterocycles. The SMILES string of the molecule is CCOC(=O)/C(=C/COC1CCCCO1)CC(F)(F)F. The lowest BCUT2D eigenvalue weighted by Crippen LogP contribution is -2.23. The van der Waals surface area contributed by atoms with Crippen LogP contribution in [-0.2, 0) is 19.0 Å². The molecule has 116 valence electrons. The maximum Gasteiger partial charge on any atom is 0.393 e. The minimum atomic E-state index is -4.46. The highest BCUT2D eigenvalue weighted by atomic mass is 19.4. The highest BCUT2D eigenvalue weighted by Crippen LogP contribution is 2.25. The van der Waals surface area contributed by atoms with Crippen LogP contribution in [0.25, 0.3) is 0 Å². The molecule has 0 bridgehead atoms. The summed E-state index contributed by atoms with van der Waals surface area (Å²) in [6.07, 6.45) is -2.44. The normalized spacial score (nSPS) is 20.8. The number of hydrogen-bond donors (Lipinski definition) is 0. The lowest BCUT2D eigenvalue weighted by molar-refractivity contribution is -0.156. The summed E-state index contributed by atoms with van der Waals surface area (Å²) in [5.41, 5.74) is -0.435. The average molecular weight is 296 g/mol. The Balaban J connectivity index is 2.52. The molecule has 20 heavy (non-hydrogen) atoms. The van der Waals surface area contributed by atoms with Crippen molar-refractivity contribution in [1.82, 2.24) is 0 Å². The molecule has 1 saturated heterocycles. The molecule has 0 aromatic rings. The van der Waals surface area contributed by atoms with Crippen LogP contribution in [0, 0.1) is 0 Å². The molecule has 0 N–H and O–H groups in total. The van der Waals surface area contributed by atoms with Crippen LogP contribution >= 0.6 is 0 Å². The van der Waals surface area contributed by atoms with E-state index in [1.54, 1.807) is 0 Å². The summed E-state index contributed by atoms with van der Waals surface area (Å²) < 4.78 is 52.3. The Morgan fingerprint density at radius 1 is 1.40 bits per heavy atom. The van der Waals surface area contributed by atoms with Gasteiger partial charge in [0.2, 0.25) is 0 Å². The van der Waals surface area contributed by atoms with E-state index in [4.69, 9.17) is 9.47 Å². The number of ether oxygens (including phenoxy) is 3. The third-order valence-electron chi connectivity index (χ3n) is 2.68. The topological polar surface area (TPSA) is 44.8 Å². The standard InChI is InChI=1S/C13H19F3O4/c1-2-18-12(17)10(9-13(14,15)16)6-8-20-11-5-3-4-7-19-11/h6,11H,2-5,7-9H2,1H3/b10-6+. The van der Waals surface area contributed by atoms with Gasteiger partial charge in [0.1, 0.15) is 0 Å². The van der Waals surface area contributed by atoms with E-state index in [0.717, 1.165) is 18.9 Å². The van der Waals surface area contributed by atoms with Crippen LogP contribution in [0.15, 0.2) is 11.6 Å². The van der Waals surface area contributed by atoms with Crippen LogP contribution in [0.4, 0.5) is 13.2 Å². The van der Waals surface area contributed by atoms with E-state index in [-0.39, 0.29) is 13.2 Å². The second-order valence-corrected chi connectivity index (χ2v) is 4.37. The van der Waals surface area contributed by atoms with E-state index in [1.165, 1.54) is 6.92 Å². The Kier molecular flexibility index (Phi) is 7.01. The Labute approximate surface area is 115 Å². The summed E-state index contributed by atoms with van der Waals surface area (Å²) in [6.45, 7) is 2.05. The van der Waals surface area contributed by atoms with E-state index in [9.17, 15) is 18.0 Å². The van der Waals surface area contributed by atoms with Gasteiger partial charge < -0.3 is 14.2 Å². The van der Waals surface area contributed by atoms with Gasteiger partial charge in [-0.25, -0.2) is 4.79 Å². The van der Waals surface area contributed by atoms with E-state index in [2.05, 4.69) is 4.74 Å². The minimum Gasteiger partial charge on any atom is -0.463 e. The zero-order chi connectivity index (χ0) is 15.0. The molecule has 1 fully saturated rings. The molecule has 1 aliphatic heterocycles.